The van der Waals surface area contributed by atoms with Gasteiger partial charge in [0.25, 0.3) is 5.91 Å². The number of fused-ring (bicyclic) bond motifs is 4. The molecule has 3 aromatic rings. The SMILES string of the molecule is Cc1cc(F)c(C(=O)N[C@H]2C/C=C\CCC(=O)Nc3cc(NC(=O)OC[C@H]4CCCO4)ccc3-c3nc2[nH]c3Cl)c(F)c1. The van der Waals surface area contributed by atoms with Gasteiger partial charge in [0.05, 0.1) is 17.8 Å². The Hall–Kier alpha value is -4.29. The lowest BCUT2D eigenvalue weighted by atomic mass is 10.1. The van der Waals surface area contributed by atoms with Gasteiger partial charge in [0, 0.05) is 24.3 Å². The third-order valence-electron chi connectivity index (χ3n) is 7.02. The van der Waals surface area contributed by atoms with E-state index < -0.39 is 35.2 Å². The number of aryl methyl sites for hydroxylation is 1. The van der Waals surface area contributed by atoms with Gasteiger partial charge in [0.2, 0.25) is 5.91 Å². The van der Waals surface area contributed by atoms with E-state index in [1.807, 2.05) is 0 Å². The van der Waals surface area contributed by atoms with Crippen molar-refractivity contribution >= 4 is 40.9 Å². The minimum atomic E-state index is -0.980. The zero-order valence-electron chi connectivity index (χ0n) is 23.3. The van der Waals surface area contributed by atoms with Crippen LogP contribution >= 0.6 is 11.6 Å². The summed E-state index contributed by atoms with van der Waals surface area (Å²) >= 11 is 6.55. The molecule has 0 spiro atoms. The predicted octanol–water partition coefficient (Wildman–Crippen LogP) is 6.19. The highest BCUT2D eigenvalue weighted by molar-refractivity contribution is 6.32. The summed E-state index contributed by atoms with van der Waals surface area (Å²) in [4.78, 5) is 45.7. The largest absolute Gasteiger partial charge is 0.447 e. The number of aromatic amines is 1. The van der Waals surface area contributed by atoms with Crippen molar-refractivity contribution in [3.63, 3.8) is 0 Å². The van der Waals surface area contributed by atoms with Crippen LogP contribution in [0.25, 0.3) is 11.3 Å². The molecular formula is C30H30ClF2N5O5. The normalized spacial score (nSPS) is 19.2. The van der Waals surface area contributed by atoms with Gasteiger partial charge in [-0.3, -0.25) is 14.9 Å². The number of hydrogen-bond donors (Lipinski definition) is 4. The number of amides is 3. The summed E-state index contributed by atoms with van der Waals surface area (Å²) in [6, 6.07) is 6.12. The van der Waals surface area contributed by atoms with Crippen molar-refractivity contribution in [3.05, 3.63) is 76.2 Å². The monoisotopic (exact) mass is 613 g/mol. The number of halogens is 3. The number of allylic oxidation sites excluding steroid dienone is 1. The van der Waals surface area contributed by atoms with E-state index in [0.29, 0.717) is 35.5 Å². The van der Waals surface area contributed by atoms with Crippen LogP contribution in [0.1, 0.15) is 59.9 Å². The molecule has 13 heteroatoms. The van der Waals surface area contributed by atoms with Gasteiger partial charge in [-0.2, -0.15) is 0 Å². The average Bonchev–Trinajstić information content (AvgIpc) is 3.60. The number of carbonyl (C=O) groups excluding carboxylic acids is 3. The second kappa shape index (κ2) is 13.3. The summed E-state index contributed by atoms with van der Waals surface area (Å²) in [5.41, 5.74) is 1.02. The number of H-pyrrole nitrogens is 1. The van der Waals surface area contributed by atoms with E-state index in [9.17, 15) is 23.2 Å². The highest BCUT2D eigenvalue weighted by Crippen LogP contribution is 2.36. The molecule has 2 aromatic carbocycles. The van der Waals surface area contributed by atoms with Crippen molar-refractivity contribution in [3.8, 4) is 11.3 Å². The van der Waals surface area contributed by atoms with Gasteiger partial charge in [-0.15, -0.1) is 0 Å². The molecule has 1 fully saturated rings. The summed E-state index contributed by atoms with van der Waals surface area (Å²) in [5, 5.41) is 8.25. The summed E-state index contributed by atoms with van der Waals surface area (Å²) in [6.07, 6.45) is 5.19. The molecule has 0 unspecified atom stereocenters. The molecule has 226 valence electrons. The topological polar surface area (TPSA) is 134 Å². The first-order chi connectivity index (χ1) is 20.7. The van der Waals surface area contributed by atoms with Crippen molar-refractivity contribution < 1.29 is 32.6 Å². The Bertz CT molecular complexity index is 1550. The smallest absolute Gasteiger partial charge is 0.411 e. The van der Waals surface area contributed by atoms with Crippen molar-refractivity contribution in [2.75, 3.05) is 23.8 Å². The molecule has 0 aliphatic carbocycles. The molecule has 0 saturated carbocycles. The molecule has 5 rings (SSSR count). The molecule has 0 radical (unpaired) electrons. The number of ether oxygens (including phenoxy) is 2. The van der Waals surface area contributed by atoms with E-state index in [0.717, 1.165) is 25.0 Å². The number of carbonyl (C=O) groups is 3. The molecule has 43 heavy (non-hydrogen) atoms. The van der Waals surface area contributed by atoms with Crippen molar-refractivity contribution in [1.29, 1.82) is 0 Å². The van der Waals surface area contributed by atoms with Crippen LogP contribution in [0, 0.1) is 18.6 Å². The standard InChI is InChI=1S/C30H30ClF2N5O5/c1-16-12-20(32)25(21(33)13-16)29(40)36-22-7-3-2-4-8-24(39)35-23-14-17(34-30(41)43-15-18-6-5-11-42-18)9-10-19(23)26-27(31)38-28(22)37-26/h2-3,9-10,12-14,18,22H,4-8,11,15H2,1H3,(H,34,41)(H,35,39)(H,36,40)(H,37,38)/b3-2-/t18-,22+/m1/s1. The highest BCUT2D eigenvalue weighted by Gasteiger charge is 2.26. The van der Waals surface area contributed by atoms with Crippen LogP contribution in [0.3, 0.4) is 0 Å². The number of imidazole rings is 1. The Kier molecular flexibility index (Phi) is 9.37. The van der Waals surface area contributed by atoms with E-state index in [-0.39, 0.29) is 48.1 Å². The Labute approximate surface area is 251 Å². The molecule has 1 saturated heterocycles. The third kappa shape index (κ3) is 7.38. The van der Waals surface area contributed by atoms with Crippen LogP contribution in [0.15, 0.2) is 42.5 Å². The number of anilines is 2. The molecule has 4 N–H and O–H groups in total. The molecule has 2 aliphatic rings. The molecular weight excluding hydrogens is 584 g/mol. The van der Waals surface area contributed by atoms with E-state index in [1.165, 1.54) is 6.92 Å². The number of nitrogens with one attached hydrogen (secondary N) is 4. The summed E-state index contributed by atoms with van der Waals surface area (Å²) in [5.74, 6) is -2.96. The van der Waals surface area contributed by atoms with Crippen LogP contribution in [-0.4, -0.2) is 47.2 Å². The van der Waals surface area contributed by atoms with Crippen LogP contribution < -0.4 is 16.0 Å². The van der Waals surface area contributed by atoms with E-state index >= 15 is 0 Å². The number of benzene rings is 2. The van der Waals surface area contributed by atoms with Crippen LogP contribution in [0.4, 0.5) is 25.0 Å². The predicted molar refractivity (Wildman–Crippen MR) is 156 cm³/mol. The second-order valence-corrected chi connectivity index (χ2v) is 10.7. The Morgan fingerprint density at radius 2 is 1.98 bits per heavy atom. The average molecular weight is 614 g/mol. The summed E-state index contributed by atoms with van der Waals surface area (Å²) in [7, 11) is 0. The highest BCUT2D eigenvalue weighted by atomic mass is 35.5. The maximum atomic E-state index is 14.5. The number of rotatable bonds is 5. The van der Waals surface area contributed by atoms with Crippen LogP contribution in [0.5, 0.6) is 0 Å². The second-order valence-electron chi connectivity index (χ2n) is 10.3. The van der Waals surface area contributed by atoms with Crippen molar-refractivity contribution in [2.45, 2.75) is 51.2 Å². The quantitative estimate of drug-likeness (QED) is 0.253. The van der Waals surface area contributed by atoms with Gasteiger partial charge in [-0.05, 0) is 68.5 Å². The van der Waals surface area contributed by atoms with Crippen LogP contribution in [-0.2, 0) is 14.3 Å². The lowest BCUT2D eigenvalue weighted by Gasteiger charge is -2.16. The first-order valence-corrected chi connectivity index (χ1v) is 14.2. The first-order valence-electron chi connectivity index (χ1n) is 13.8. The summed E-state index contributed by atoms with van der Waals surface area (Å²) < 4.78 is 39.8. The maximum Gasteiger partial charge on any atom is 0.411 e. The molecule has 2 atom stereocenters. The fourth-order valence-electron chi connectivity index (χ4n) is 4.91. The zero-order chi connectivity index (χ0) is 30.5. The van der Waals surface area contributed by atoms with Crippen LogP contribution in [0.2, 0.25) is 5.15 Å². The number of aromatic nitrogens is 2. The van der Waals surface area contributed by atoms with E-state index in [4.69, 9.17) is 21.1 Å². The fraction of sp³-hybridized carbons (Fsp3) is 0.333. The van der Waals surface area contributed by atoms with Gasteiger partial charge in [-0.25, -0.2) is 18.6 Å². The molecule has 2 bridgehead atoms. The first kappa shape index (κ1) is 30.2. The van der Waals surface area contributed by atoms with Gasteiger partial charge in [0.1, 0.15) is 40.5 Å². The maximum absolute atomic E-state index is 14.5. The molecule has 10 nitrogen and oxygen atoms in total. The Morgan fingerprint density at radius 3 is 2.72 bits per heavy atom. The molecule has 3 amide bonds. The molecule has 2 aliphatic heterocycles. The van der Waals surface area contributed by atoms with E-state index in [1.54, 1.807) is 30.4 Å². The lowest BCUT2D eigenvalue weighted by molar-refractivity contribution is -0.116. The third-order valence-corrected chi connectivity index (χ3v) is 7.30. The van der Waals surface area contributed by atoms with Crippen molar-refractivity contribution in [2.24, 2.45) is 0 Å². The Balaban J connectivity index is 1.42. The zero-order valence-corrected chi connectivity index (χ0v) is 24.0. The summed E-state index contributed by atoms with van der Waals surface area (Å²) in [6.45, 7) is 2.30. The van der Waals surface area contributed by atoms with E-state index in [2.05, 4.69) is 25.9 Å². The molecule has 3 heterocycles. The van der Waals surface area contributed by atoms with Crippen molar-refractivity contribution in [1.82, 2.24) is 15.3 Å². The minimum Gasteiger partial charge on any atom is -0.447 e. The van der Waals surface area contributed by atoms with Gasteiger partial charge < -0.3 is 25.1 Å². The number of nitrogens with zero attached hydrogens (tertiary/aromatic N) is 1. The fourth-order valence-corrected chi connectivity index (χ4v) is 5.15. The molecule has 1 aromatic heterocycles. The lowest BCUT2D eigenvalue weighted by Crippen LogP contribution is -2.30. The Morgan fingerprint density at radius 1 is 1.19 bits per heavy atom. The van der Waals surface area contributed by atoms with Gasteiger partial charge >= 0.3 is 6.09 Å². The minimum absolute atomic E-state index is 0.107. The number of hydrogen-bond acceptors (Lipinski definition) is 6. The van der Waals surface area contributed by atoms with Gasteiger partial charge in [-0.1, -0.05) is 23.8 Å². The van der Waals surface area contributed by atoms with Gasteiger partial charge in [0.15, 0.2) is 0 Å².